The van der Waals surface area contributed by atoms with Crippen molar-refractivity contribution in [1.82, 2.24) is 4.90 Å². The Balaban J connectivity index is 1.95. The van der Waals surface area contributed by atoms with E-state index in [1.54, 1.807) is 12.1 Å². The number of halogens is 1. The molecule has 1 aromatic rings. The van der Waals surface area contributed by atoms with Gasteiger partial charge in [0.25, 0.3) is 0 Å². The number of hydrogen-bond acceptors (Lipinski definition) is 3. The summed E-state index contributed by atoms with van der Waals surface area (Å²) in [6, 6.07) is 6.10. The minimum atomic E-state index is -0.293. The first-order chi connectivity index (χ1) is 9.10. The number of hydrogen-bond donors (Lipinski definition) is 1. The molecule has 0 spiro atoms. The van der Waals surface area contributed by atoms with Crippen molar-refractivity contribution in [2.45, 2.75) is 44.3 Å². The molecule has 0 atom stereocenters. The summed E-state index contributed by atoms with van der Waals surface area (Å²) >= 11 is 0. The van der Waals surface area contributed by atoms with E-state index >= 15 is 0 Å². The summed E-state index contributed by atoms with van der Waals surface area (Å²) in [7, 11) is 3.58. The molecule has 1 aliphatic carbocycles. The fourth-order valence-electron chi connectivity index (χ4n) is 2.77. The average Bonchev–Trinajstić information content (AvgIpc) is 2.39. The maximum atomic E-state index is 13.6. The summed E-state index contributed by atoms with van der Waals surface area (Å²) in [5.74, 6) is 0.00843. The second-order valence-corrected chi connectivity index (χ2v) is 5.45. The van der Waals surface area contributed by atoms with E-state index in [1.807, 2.05) is 6.07 Å². The van der Waals surface area contributed by atoms with Crippen LogP contribution in [0.2, 0.25) is 0 Å². The normalized spacial score (nSPS) is 23.6. The number of nitrogens with zero attached hydrogens (tertiary/aromatic N) is 1. The van der Waals surface area contributed by atoms with Gasteiger partial charge in [-0.15, -0.1) is 0 Å². The summed E-state index contributed by atoms with van der Waals surface area (Å²) < 4.78 is 18.6. The van der Waals surface area contributed by atoms with Crippen molar-refractivity contribution in [2.75, 3.05) is 14.2 Å². The van der Waals surface area contributed by atoms with Gasteiger partial charge in [-0.25, -0.2) is 4.39 Å². The van der Waals surface area contributed by atoms with Crippen LogP contribution in [0, 0.1) is 5.82 Å². The third-order valence-corrected chi connectivity index (χ3v) is 4.01. The molecule has 0 amide bonds. The lowest BCUT2D eigenvalue weighted by atomic mass is 9.91. The van der Waals surface area contributed by atoms with E-state index in [-0.39, 0.29) is 5.82 Å². The van der Waals surface area contributed by atoms with E-state index in [2.05, 4.69) is 11.9 Å². The van der Waals surface area contributed by atoms with Crippen LogP contribution in [0.3, 0.4) is 0 Å². The number of nitrogens with two attached hydrogens (primary N) is 1. The first-order valence-corrected chi connectivity index (χ1v) is 6.88. The van der Waals surface area contributed by atoms with Crippen molar-refractivity contribution in [3.63, 3.8) is 0 Å². The first kappa shape index (κ1) is 14.3. The summed E-state index contributed by atoms with van der Waals surface area (Å²) in [4.78, 5) is 2.30. The van der Waals surface area contributed by atoms with Gasteiger partial charge in [-0.05, 0) is 50.4 Å². The zero-order valence-corrected chi connectivity index (χ0v) is 11.7. The van der Waals surface area contributed by atoms with Gasteiger partial charge >= 0.3 is 0 Å². The van der Waals surface area contributed by atoms with Crippen molar-refractivity contribution < 1.29 is 9.13 Å². The first-order valence-electron chi connectivity index (χ1n) is 6.88. The second-order valence-electron chi connectivity index (χ2n) is 5.45. The lowest BCUT2D eigenvalue weighted by molar-refractivity contribution is 0.176. The molecule has 1 saturated carbocycles. The van der Waals surface area contributed by atoms with Gasteiger partial charge in [0.15, 0.2) is 11.6 Å². The van der Waals surface area contributed by atoms with E-state index in [4.69, 9.17) is 10.5 Å². The lowest BCUT2D eigenvalue weighted by Crippen LogP contribution is -2.38. The van der Waals surface area contributed by atoms with Crippen molar-refractivity contribution in [3.05, 3.63) is 29.6 Å². The van der Waals surface area contributed by atoms with Crippen LogP contribution < -0.4 is 10.5 Å². The Kier molecular flexibility index (Phi) is 4.77. The molecule has 1 fully saturated rings. The van der Waals surface area contributed by atoms with Crippen LogP contribution in [0.25, 0.3) is 0 Å². The van der Waals surface area contributed by atoms with Crippen molar-refractivity contribution in [2.24, 2.45) is 5.73 Å². The molecule has 0 aliphatic heterocycles. The van der Waals surface area contributed by atoms with E-state index in [9.17, 15) is 4.39 Å². The monoisotopic (exact) mass is 266 g/mol. The van der Waals surface area contributed by atoms with Crippen molar-refractivity contribution >= 4 is 0 Å². The molecule has 0 radical (unpaired) electrons. The molecule has 0 heterocycles. The van der Waals surface area contributed by atoms with Gasteiger partial charge in [0, 0.05) is 18.6 Å². The van der Waals surface area contributed by atoms with Gasteiger partial charge in [-0.1, -0.05) is 6.07 Å². The van der Waals surface area contributed by atoms with Crippen LogP contribution in [0.5, 0.6) is 5.75 Å². The lowest BCUT2D eigenvalue weighted by Gasteiger charge is -2.33. The Hall–Kier alpha value is -1.13. The minimum absolute atomic E-state index is 0.293. The number of ether oxygens (including phenoxy) is 1. The smallest absolute Gasteiger partial charge is 0.165 e. The van der Waals surface area contributed by atoms with Gasteiger partial charge in [-0.2, -0.15) is 0 Å². The van der Waals surface area contributed by atoms with Crippen LogP contribution >= 0.6 is 0 Å². The quantitative estimate of drug-likeness (QED) is 0.910. The summed E-state index contributed by atoms with van der Waals surface area (Å²) in [5, 5.41) is 0. The molecule has 19 heavy (non-hydrogen) atoms. The highest BCUT2D eigenvalue weighted by Gasteiger charge is 2.22. The van der Waals surface area contributed by atoms with Crippen LogP contribution in [0.1, 0.15) is 31.2 Å². The molecule has 1 aliphatic rings. The van der Waals surface area contributed by atoms with E-state index in [1.165, 1.54) is 7.11 Å². The van der Waals surface area contributed by atoms with Crippen molar-refractivity contribution in [1.29, 1.82) is 0 Å². The maximum Gasteiger partial charge on any atom is 0.165 e. The Morgan fingerprint density at radius 2 is 2.00 bits per heavy atom. The fourth-order valence-corrected chi connectivity index (χ4v) is 2.77. The van der Waals surface area contributed by atoms with Gasteiger partial charge in [0.1, 0.15) is 0 Å². The topological polar surface area (TPSA) is 38.5 Å². The zero-order chi connectivity index (χ0) is 13.8. The van der Waals surface area contributed by atoms with Crippen LogP contribution in [-0.4, -0.2) is 31.1 Å². The summed E-state index contributed by atoms with van der Waals surface area (Å²) in [6.07, 6.45) is 4.45. The predicted molar refractivity (Wildman–Crippen MR) is 74.7 cm³/mol. The molecule has 3 nitrogen and oxygen atoms in total. The van der Waals surface area contributed by atoms with Crippen molar-refractivity contribution in [3.8, 4) is 5.75 Å². The Bertz CT molecular complexity index is 417. The van der Waals surface area contributed by atoms with Gasteiger partial charge in [-0.3, -0.25) is 4.90 Å². The maximum absolute atomic E-state index is 13.6. The molecule has 0 saturated heterocycles. The Labute approximate surface area is 114 Å². The minimum Gasteiger partial charge on any atom is -0.494 e. The van der Waals surface area contributed by atoms with Gasteiger partial charge in [0.05, 0.1) is 7.11 Å². The molecule has 1 aromatic carbocycles. The largest absolute Gasteiger partial charge is 0.494 e. The number of methoxy groups -OCH3 is 1. The highest BCUT2D eigenvalue weighted by atomic mass is 19.1. The number of rotatable bonds is 4. The highest BCUT2D eigenvalue weighted by Crippen LogP contribution is 2.24. The molecular formula is C15H23FN2O. The van der Waals surface area contributed by atoms with Gasteiger partial charge < -0.3 is 10.5 Å². The third-order valence-electron chi connectivity index (χ3n) is 4.01. The number of benzene rings is 1. The second kappa shape index (κ2) is 6.35. The molecular weight excluding hydrogens is 243 g/mol. The Morgan fingerprint density at radius 1 is 1.32 bits per heavy atom. The molecule has 0 unspecified atom stereocenters. The van der Waals surface area contributed by atoms with Crippen LogP contribution in [0.15, 0.2) is 18.2 Å². The molecule has 0 aromatic heterocycles. The van der Waals surface area contributed by atoms with Crippen LogP contribution in [0.4, 0.5) is 4.39 Å². The van der Waals surface area contributed by atoms with E-state index in [0.29, 0.717) is 17.8 Å². The molecule has 2 rings (SSSR count). The molecule has 2 N–H and O–H groups in total. The summed E-state index contributed by atoms with van der Waals surface area (Å²) in [5.41, 5.74) is 6.90. The molecule has 4 heteroatoms. The predicted octanol–water partition coefficient (Wildman–Crippen LogP) is 2.54. The Morgan fingerprint density at radius 3 is 2.58 bits per heavy atom. The zero-order valence-electron chi connectivity index (χ0n) is 11.7. The molecule has 106 valence electrons. The highest BCUT2D eigenvalue weighted by molar-refractivity contribution is 5.29. The van der Waals surface area contributed by atoms with E-state index < -0.39 is 0 Å². The average molecular weight is 266 g/mol. The standard InChI is InChI=1S/C15H23FN2O/c1-18(13-6-4-12(17)5-7-13)10-11-3-8-15(19-2)14(16)9-11/h3,8-9,12-13H,4-7,10,17H2,1-2H3. The fraction of sp³-hybridized carbons (Fsp3) is 0.600. The van der Waals surface area contributed by atoms with E-state index in [0.717, 1.165) is 37.8 Å². The van der Waals surface area contributed by atoms with Gasteiger partial charge in [0.2, 0.25) is 0 Å². The molecule has 0 bridgehead atoms. The SMILES string of the molecule is COc1ccc(CN(C)C2CCC(N)CC2)cc1F. The summed E-state index contributed by atoms with van der Waals surface area (Å²) in [6.45, 7) is 0.765. The third kappa shape index (κ3) is 3.67. The van der Waals surface area contributed by atoms with Crippen LogP contribution in [-0.2, 0) is 6.54 Å².